The predicted octanol–water partition coefficient (Wildman–Crippen LogP) is 3.62. The first-order valence-electron chi connectivity index (χ1n) is 9.24. The average Bonchev–Trinajstić information content (AvgIpc) is 3.37. The molecule has 8 heteroatoms. The maximum Gasteiger partial charge on any atom is 0.230 e. The summed E-state index contributed by atoms with van der Waals surface area (Å²) < 4.78 is 15.2. The zero-order valence-corrected chi connectivity index (χ0v) is 16.0. The second kappa shape index (κ2) is 8.52. The molecule has 144 valence electrons. The molecule has 0 bridgehead atoms. The molecule has 0 aliphatic heterocycles. The summed E-state index contributed by atoms with van der Waals surface area (Å²) in [6, 6.07) is 10.1. The van der Waals surface area contributed by atoms with Crippen LogP contribution in [0.3, 0.4) is 0 Å². The smallest absolute Gasteiger partial charge is 0.230 e. The maximum absolute atomic E-state index is 13.4. The summed E-state index contributed by atoms with van der Waals surface area (Å²) in [4.78, 5) is 16.4. The summed E-state index contributed by atoms with van der Waals surface area (Å²) in [5.74, 6) is 0.528. The van der Waals surface area contributed by atoms with E-state index in [0.29, 0.717) is 11.0 Å². The Morgan fingerprint density at radius 2 is 1.96 bits per heavy atom. The van der Waals surface area contributed by atoms with Crippen molar-refractivity contribution in [2.75, 3.05) is 5.75 Å². The van der Waals surface area contributed by atoms with Crippen molar-refractivity contribution in [3.63, 3.8) is 0 Å². The molecule has 1 N–H and O–H groups in total. The molecule has 3 aromatic rings. The van der Waals surface area contributed by atoms with E-state index in [2.05, 4.69) is 20.5 Å². The molecule has 1 aromatic carbocycles. The van der Waals surface area contributed by atoms with Crippen LogP contribution in [0.15, 0.2) is 53.9 Å². The van der Waals surface area contributed by atoms with Crippen LogP contribution in [0, 0.1) is 5.82 Å². The minimum Gasteiger partial charge on any atom is -0.353 e. The number of aromatic nitrogens is 4. The van der Waals surface area contributed by atoms with E-state index in [1.165, 1.54) is 36.7 Å². The van der Waals surface area contributed by atoms with E-state index in [9.17, 15) is 9.18 Å². The van der Waals surface area contributed by atoms with Crippen LogP contribution in [0.2, 0.25) is 0 Å². The number of carbonyl (C=O) groups is 1. The summed E-state index contributed by atoms with van der Waals surface area (Å²) in [5.41, 5.74) is 1.52. The number of hydrogen-bond donors (Lipinski definition) is 1. The maximum atomic E-state index is 13.4. The van der Waals surface area contributed by atoms with Gasteiger partial charge in [0.05, 0.1) is 5.75 Å². The van der Waals surface area contributed by atoms with Gasteiger partial charge >= 0.3 is 0 Å². The fourth-order valence-corrected chi connectivity index (χ4v) is 4.10. The van der Waals surface area contributed by atoms with E-state index in [4.69, 9.17) is 0 Å². The normalized spacial score (nSPS) is 14.3. The molecule has 1 fully saturated rings. The van der Waals surface area contributed by atoms with Crippen molar-refractivity contribution < 1.29 is 9.18 Å². The van der Waals surface area contributed by atoms with E-state index in [0.717, 1.165) is 24.1 Å². The van der Waals surface area contributed by atoms with Crippen LogP contribution >= 0.6 is 11.8 Å². The number of carbonyl (C=O) groups excluding carboxylic acids is 1. The van der Waals surface area contributed by atoms with Crippen molar-refractivity contribution in [3.8, 4) is 17.1 Å². The topological polar surface area (TPSA) is 72.7 Å². The first-order chi connectivity index (χ1) is 13.7. The third kappa shape index (κ3) is 4.22. The molecule has 6 nitrogen and oxygen atoms in total. The molecule has 0 radical (unpaired) electrons. The highest BCUT2D eigenvalue weighted by Gasteiger charge is 2.20. The lowest BCUT2D eigenvalue weighted by Gasteiger charge is -2.12. The number of rotatable bonds is 6. The Kier molecular flexibility index (Phi) is 5.66. The lowest BCUT2D eigenvalue weighted by molar-refractivity contribution is -0.119. The lowest BCUT2D eigenvalue weighted by atomic mass is 10.2. The van der Waals surface area contributed by atoms with Gasteiger partial charge in [0.2, 0.25) is 5.91 Å². The summed E-state index contributed by atoms with van der Waals surface area (Å²) in [6.07, 6.45) is 7.83. The Bertz CT molecular complexity index is 939. The van der Waals surface area contributed by atoms with Gasteiger partial charge < -0.3 is 5.32 Å². The molecule has 1 aliphatic carbocycles. The third-order valence-electron chi connectivity index (χ3n) is 4.69. The number of hydrogen-bond acceptors (Lipinski definition) is 5. The van der Waals surface area contributed by atoms with E-state index < -0.39 is 0 Å². The number of halogens is 1. The molecule has 4 rings (SSSR count). The van der Waals surface area contributed by atoms with Gasteiger partial charge in [-0.05, 0) is 49.2 Å². The lowest BCUT2D eigenvalue weighted by Crippen LogP contribution is -2.33. The van der Waals surface area contributed by atoms with Crippen molar-refractivity contribution in [3.05, 3.63) is 54.6 Å². The zero-order chi connectivity index (χ0) is 19.3. The van der Waals surface area contributed by atoms with E-state index >= 15 is 0 Å². The van der Waals surface area contributed by atoms with E-state index in [1.807, 2.05) is 16.7 Å². The van der Waals surface area contributed by atoms with Crippen molar-refractivity contribution in [2.24, 2.45) is 0 Å². The highest BCUT2D eigenvalue weighted by Crippen LogP contribution is 2.28. The quantitative estimate of drug-likeness (QED) is 0.643. The van der Waals surface area contributed by atoms with Gasteiger partial charge in [-0.15, -0.1) is 10.2 Å². The van der Waals surface area contributed by atoms with Crippen molar-refractivity contribution in [1.82, 2.24) is 25.1 Å². The molecule has 2 heterocycles. The highest BCUT2D eigenvalue weighted by molar-refractivity contribution is 7.99. The minimum atomic E-state index is -0.315. The van der Waals surface area contributed by atoms with Gasteiger partial charge in [-0.3, -0.25) is 14.3 Å². The van der Waals surface area contributed by atoms with Crippen LogP contribution in [-0.4, -0.2) is 37.5 Å². The van der Waals surface area contributed by atoms with Crippen LogP contribution in [0.4, 0.5) is 4.39 Å². The standard InChI is InChI=1S/C20H20FN5OS/c21-15-7-9-17(10-8-15)26-19(14-4-3-11-22-12-14)24-25-20(26)28-13-18(27)23-16-5-1-2-6-16/h3-4,7-12,16H,1-2,5-6,13H2,(H,23,27). The molecule has 2 aromatic heterocycles. The van der Waals surface area contributed by atoms with Crippen molar-refractivity contribution in [2.45, 2.75) is 36.9 Å². The van der Waals surface area contributed by atoms with Gasteiger partial charge in [-0.1, -0.05) is 24.6 Å². The number of nitrogens with one attached hydrogen (secondary N) is 1. The zero-order valence-electron chi connectivity index (χ0n) is 15.2. The van der Waals surface area contributed by atoms with E-state index in [1.54, 1.807) is 24.5 Å². The number of nitrogens with zero attached hydrogens (tertiary/aromatic N) is 4. The van der Waals surface area contributed by atoms with Crippen LogP contribution in [0.5, 0.6) is 0 Å². The molecule has 0 spiro atoms. The molecule has 1 amide bonds. The number of pyridine rings is 1. The Morgan fingerprint density at radius 1 is 1.18 bits per heavy atom. The van der Waals surface area contributed by atoms with Gasteiger partial charge in [0.1, 0.15) is 5.82 Å². The Morgan fingerprint density at radius 3 is 2.68 bits per heavy atom. The summed E-state index contributed by atoms with van der Waals surface area (Å²) in [7, 11) is 0. The van der Waals surface area contributed by atoms with Crippen molar-refractivity contribution >= 4 is 17.7 Å². The molecular weight excluding hydrogens is 377 g/mol. The first kappa shape index (κ1) is 18.6. The Labute approximate surface area is 166 Å². The Hall–Kier alpha value is -2.74. The van der Waals surface area contributed by atoms with Crippen LogP contribution in [-0.2, 0) is 4.79 Å². The van der Waals surface area contributed by atoms with Crippen LogP contribution in [0.25, 0.3) is 17.1 Å². The largest absolute Gasteiger partial charge is 0.353 e. The number of amides is 1. The second-order valence-electron chi connectivity index (χ2n) is 6.70. The summed E-state index contributed by atoms with van der Waals surface area (Å²) in [5, 5.41) is 12.2. The number of benzene rings is 1. The summed E-state index contributed by atoms with van der Waals surface area (Å²) >= 11 is 1.32. The van der Waals surface area contributed by atoms with Gasteiger partial charge in [0, 0.05) is 29.7 Å². The third-order valence-corrected chi connectivity index (χ3v) is 5.62. The predicted molar refractivity (Wildman–Crippen MR) is 106 cm³/mol. The fraction of sp³-hybridized carbons (Fsp3) is 0.300. The highest BCUT2D eigenvalue weighted by atomic mass is 32.2. The average molecular weight is 397 g/mol. The van der Waals surface area contributed by atoms with Crippen LogP contribution in [0.1, 0.15) is 25.7 Å². The van der Waals surface area contributed by atoms with E-state index in [-0.39, 0.29) is 23.5 Å². The minimum absolute atomic E-state index is 0.00603. The SMILES string of the molecule is O=C(CSc1nnc(-c2cccnc2)n1-c1ccc(F)cc1)NC1CCCC1. The molecule has 1 saturated carbocycles. The van der Waals surface area contributed by atoms with Gasteiger partial charge in [0.25, 0.3) is 0 Å². The van der Waals surface area contributed by atoms with Gasteiger partial charge in [-0.2, -0.15) is 0 Å². The number of thioether (sulfide) groups is 1. The first-order valence-corrected chi connectivity index (χ1v) is 10.2. The van der Waals surface area contributed by atoms with Crippen molar-refractivity contribution in [1.29, 1.82) is 0 Å². The van der Waals surface area contributed by atoms with Crippen LogP contribution < -0.4 is 5.32 Å². The molecule has 28 heavy (non-hydrogen) atoms. The molecular formula is C20H20FN5OS. The Balaban J connectivity index is 1.58. The van der Waals surface area contributed by atoms with Gasteiger partial charge in [0.15, 0.2) is 11.0 Å². The molecule has 0 atom stereocenters. The molecule has 0 saturated heterocycles. The second-order valence-corrected chi connectivity index (χ2v) is 7.64. The monoisotopic (exact) mass is 397 g/mol. The fourth-order valence-electron chi connectivity index (χ4n) is 3.34. The molecule has 1 aliphatic rings. The summed E-state index contributed by atoms with van der Waals surface area (Å²) in [6.45, 7) is 0. The molecule has 0 unspecified atom stereocenters. The van der Waals surface area contributed by atoms with Gasteiger partial charge in [-0.25, -0.2) is 4.39 Å².